The van der Waals surface area contributed by atoms with Gasteiger partial charge in [-0.25, -0.2) is 0 Å². The highest BCUT2D eigenvalue weighted by molar-refractivity contribution is 7.13. The van der Waals surface area contributed by atoms with Crippen LogP contribution in [0.5, 0.6) is 0 Å². The molecule has 2 aromatic heterocycles. The van der Waals surface area contributed by atoms with Gasteiger partial charge >= 0.3 is 0 Å². The van der Waals surface area contributed by atoms with Crippen molar-refractivity contribution in [2.45, 2.75) is 25.4 Å². The highest BCUT2D eigenvalue weighted by Gasteiger charge is 2.15. The molecule has 1 unspecified atom stereocenters. The number of rotatable bonds is 8. The van der Waals surface area contributed by atoms with Crippen LogP contribution in [0.1, 0.15) is 29.8 Å². The van der Waals surface area contributed by atoms with Gasteiger partial charge in [-0.05, 0) is 30.7 Å². The monoisotopic (exact) mass is 336 g/mol. The van der Waals surface area contributed by atoms with Gasteiger partial charge in [-0.15, -0.1) is 11.3 Å². The van der Waals surface area contributed by atoms with Gasteiger partial charge in [0, 0.05) is 25.8 Å². The van der Waals surface area contributed by atoms with E-state index in [9.17, 15) is 4.79 Å². The Morgan fingerprint density at radius 1 is 1.52 bits per heavy atom. The Balaban J connectivity index is 1.33. The number of nitrogens with zero attached hydrogens (tertiary/aromatic N) is 1. The minimum atomic E-state index is -0.226. The third-order valence-electron chi connectivity index (χ3n) is 3.59. The summed E-state index contributed by atoms with van der Waals surface area (Å²) in [6.07, 6.45) is 3.20. The molecule has 1 saturated heterocycles. The lowest BCUT2D eigenvalue weighted by atomic mass is 10.2. The maximum absolute atomic E-state index is 12.0. The minimum absolute atomic E-state index is 0.226. The quantitative estimate of drug-likeness (QED) is 0.750. The number of ether oxygens (including phenoxy) is 2. The predicted molar refractivity (Wildman–Crippen MR) is 86.6 cm³/mol. The van der Waals surface area contributed by atoms with Crippen molar-refractivity contribution < 1.29 is 18.8 Å². The van der Waals surface area contributed by atoms with E-state index in [0.717, 1.165) is 30.7 Å². The third kappa shape index (κ3) is 4.63. The molecule has 1 aliphatic rings. The molecule has 2 aromatic rings. The zero-order valence-corrected chi connectivity index (χ0v) is 13.6. The van der Waals surface area contributed by atoms with Crippen LogP contribution in [0, 0.1) is 0 Å². The van der Waals surface area contributed by atoms with Gasteiger partial charge in [0.15, 0.2) is 11.5 Å². The van der Waals surface area contributed by atoms with Crippen LogP contribution in [0.4, 0.5) is 0 Å². The Hall–Kier alpha value is -1.70. The van der Waals surface area contributed by atoms with Gasteiger partial charge in [-0.2, -0.15) is 0 Å². The molecule has 0 aromatic carbocycles. The SMILES string of the molecule is O=C(NCCCOCC1CCCO1)c1cc(-c2cccs2)on1. The molecule has 0 spiro atoms. The van der Waals surface area contributed by atoms with Crippen molar-refractivity contribution in [2.24, 2.45) is 0 Å². The Bertz CT molecular complexity index is 605. The molecule has 124 valence electrons. The fraction of sp³-hybridized carbons (Fsp3) is 0.500. The Morgan fingerprint density at radius 2 is 2.48 bits per heavy atom. The fourth-order valence-electron chi connectivity index (χ4n) is 2.37. The largest absolute Gasteiger partial charge is 0.379 e. The summed E-state index contributed by atoms with van der Waals surface area (Å²) in [5, 5.41) is 8.58. The third-order valence-corrected chi connectivity index (χ3v) is 4.47. The number of carbonyl (C=O) groups is 1. The van der Waals surface area contributed by atoms with Gasteiger partial charge in [0.2, 0.25) is 0 Å². The maximum Gasteiger partial charge on any atom is 0.273 e. The molecule has 7 heteroatoms. The molecular formula is C16H20N2O4S. The van der Waals surface area contributed by atoms with E-state index in [1.165, 1.54) is 0 Å². The number of aromatic nitrogens is 1. The number of thiophene rings is 1. The molecule has 0 aliphatic carbocycles. The molecule has 1 amide bonds. The standard InChI is InChI=1S/C16H20N2O4S/c19-16(13-10-14(22-18-13)15-5-2-9-23-15)17-6-3-7-20-11-12-4-1-8-21-12/h2,5,9-10,12H,1,3-4,6-8,11H2,(H,17,19). The Labute approximate surface area is 138 Å². The van der Waals surface area contributed by atoms with Crippen molar-refractivity contribution in [1.82, 2.24) is 10.5 Å². The minimum Gasteiger partial charge on any atom is -0.379 e. The smallest absolute Gasteiger partial charge is 0.273 e. The van der Waals surface area contributed by atoms with E-state index in [-0.39, 0.29) is 12.0 Å². The summed E-state index contributed by atoms with van der Waals surface area (Å²) >= 11 is 1.55. The van der Waals surface area contributed by atoms with Crippen LogP contribution in [0.3, 0.4) is 0 Å². The average molecular weight is 336 g/mol. The van der Waals surface area contributed by atoms with Crippen LogP contribution in [0.2, 0.25) is 0 Å². The van der Waals surface area contributed by atoms with Gasteiger partial charge in [-0.1, -0.05) is 11.2 Å². The molecule has 1 aliphatic heterocycles. The first-order valence-corrected chi connectivity index (χ1v) is 8.69. The van der Waals surface area contributed by atoms with Gasteiger partial charge in [-0.3, -0.25) is 4.79 Å². The Kier molecular flexibility index (Phi) is 5.79. The summed E-state index contributed by atoms with van der Waals surface area (Å²) in [5.41, 5.74) is 0.300. The van der Waals surface area contributed by atoms with Crippen molar-refractivity contribution in [1.29, 1.82) is 0 Å². The summed E-state index contributed by atoms with van der Waals surface area (Å²) in [6, 6.07) is 5.52. The van der Waals surface area contributed by atoms with E-state index in [0.29, 0.717) is 31.2 Å². The van der Waals surface area contributed by atoms with Gasteiger partial charge in [0.1, 0.15) is 0 Å². The summed E-state index contributed by atoms with van der Waals surface area (Å²) in [4.78, 5) is 12.9. The van der Waals surface area contributed by atoms with Crippen LogP contribution in [0.15, 0.2) is 28.1 Å². The van der Waals surface area contributed by atoms with Gasteiger partial charge < -0.3 is 19.3 Å². The van der Waals surface area contributed by atoms with E-state index in [1.807, 2.05) is 17.5 Å². The number of hydrogen-bond donors (Lipinski definition) is 1. The molecule has 23 heavy (non-hydrogen) atoms. The molecule has 3 heterocycles. The predicted octanol–water partition coefficient (Wildman–Crippen LogP) is 2.72. The second-order valence-corrected chi connectivity index (χ2v) is 6.32. The molecule has 0 bridgehead atoms. The van der Waals surface area contributed by atoms with E-state index in [4.69, 9.17) is 14.0 Å². The zero-order valence-electron chi connectivity index (χ0n) is 12.8. The normalized spacial score (nSPS) is 17.5. The highest BCUT2D eigenvalue weighted by atomic mass is 32.1. The van der Waals surface area contributed by atoms with Crippen LogP contribution >= 0.6 is 11.3 Å². The molecule has 6 nitrogen and oxygen atoms in total. The highest BCUT2D eigenvalue weighted by Crippen LogP contribution is 2.24. The molecular weight excluding hydrogens is 316 g/mol. The molecule has 1 fully saturated rings. The Morgan fingerprint density at radius 3 is 3.26 bits per heavy atom. The van der Waals surface area contributed by atoms with Gasteiger partial charge in [0.25, 0.3) is 5.91 Å². The first kappa shape index (κ1) is 16.2. The lowest BCUT2D eigenvalue weighted by Crippen LogP contribution is -2.26. The average Bonchev–Trinajstić information content (AvgIpc) is 3.32. The van der Waals surface area contributed by atoms with E-state index in [1.54, 1.807) is 17.4 Å². The summed E-state index contributed by atoms with van der Waals surface area (Å²) in [6.45, 7) is 2.64. The van der Waals surface area contributed by atoms with Crippen molar-refractivity contribution >= 4 is 17.2 Å². The van der Waals surface area contributed by atoms with Crippen molar-refractivity contribution in [3.8, 4) is 10.6 Å². The van der Waals surface area contributed by atoms with Gasteiger partial charge in [0.05, 0.1) is 17.6 Å². The second kappa shape index (κ2) is 8.24. The lowest BCUT2D eigenvalue weighted by Gasteiger charge is -2.09. The number of amides is 1. The fourth-order valence-corrected chi connectivity index (χ4v) is 3.05. The van der Waals surface area contributed by atoms with Crippen LogP contribution in [0.25, 0.3) is 10.6 Å². The van der Waals surface area contributed by atoms with Crippen LogP contribution < -0.4 is 5.32 Å². The van der Waals surface area contributed by atoms with E-state index >= 15 is 0 Å². The van der Waals surface area contributed by atoms with E-state index in [2.05, 4.69) is 10.5 Å². The summed E-state index contributed by atoms with van der Waals surface area (Å²) in [5.74, 6) is 0.390. The number of carbonyl (C=O) groups excluding carboxylic acids is 1. The first-order chi connectivity index (χ1) is 11.3. The van der Waals surface area contributed by atoms with E-state index < -0.39 is 0 Å². The zero-order chi connectivity index (χ0) is 15.9. The topological polar surface area (TPSA) is 73.6 Å². The first-order valence-electron chi connectivity index (χ1n) is 7.81. The van der Waals surface area contributed by atoms with Crippen molar-refractivity contribution in [3.05, 3.63) is 29.3 Å². The molecule has 1 N–H and O–H groups in total. The molecule has 0 saturated carbocycles. The number of hydrogen-bond acceptors (Lipinski definition) is 6. The van der Waals surface area contributed by atoms with Crippen LogP contribution in [-0.4, -0.2) is 43.5 Å². The maximum atomic E-state index is 12.0. The molecule has 3 rings (SSSR count). The van der Waals surface area contributed by atoms with Crippen molar-refractivity contribution in [2.75, 3.05) is 26.4 Å². The lowest BCUT2D eigenvalue weighted by molar-refractivity contribution is 0.0166. The number of nitrogens with one attached hydrogen (secondary N) is 1. The second-order valence-electron chi connectivity index (χ2n) is 5.37. The molecule has 0 radical (unpaired) electrons. The molecule has 1 atom stereocenters. The summed E-state index contributed by atoms with van der Waals surface area (Å²) < 4.78 is 16.2. The van der Waals surface area contributed by atoms with Crippen LogP contribution in [-0.2, 0) is 9.47 Å². The summed E-state index contributed by atoms with van der Waals surface area (Å²) in [7, 11) is 0. The van der Waals surface area contributed by atoms with Crippen molar-refractivity contribution in [3.63, 3.8) is 0 Å².